The topological polar surface area (TPSA) is 66.4 Å². The van der Waals surface area contributed by atoms with E-state index in [9.17, 15) is 9.59 Å². The molecule has 0 aliphatic heterocycles. The smallest absolute Gasteiger partial charge is 0.335 e. The minimum absolute atomic E-state index is 0.181. The Balaban J connectivity index is 3.21. The standard InChI is InChI=1S/C9H7BrINO3/c1-4(13)12-8-6(10)2-5(9(14)15)3-7(8)11/h2-3H,1H3,(H,12,13)(H,14,15). The van der Waals surface area contributed by atoms with E-state index >= 15 is 0 Å². The molecule has 0 aromatic heterocycles. The predicted molar refractivity (Wildman–Crippen MR) is 68.1 cm³/mol. The van der Waals surface area contributed by atoms with Gasteiger partial charge in [-0.1, -0.05) is 0 Å². The highest BCUT2D eigenvalue weighted by molar-refractivity contribution is 14.1. The molecule has 0 atom stereocenters. The minimum atomic E-state index is -0.997. The van der Waals surface area contributed by atoms with Crippen molar-refractivity contribution in [2.45, 2.75) is 6.92 Å². The zero-order valence-corrected chi connectivity index (χ0v) is 11.4. The molecule has 0 bridgehead atoms. The zero-order valence-electron chi connectivity index (χ0n) is 7.67. The number of anilines is 1. The van der Waals surface area contributed by atoms with Gasteiger partial charge in [0.25, 0.3) is 0 Å². The zero-order chi connectivity index (χ0) is 11.6. The third-order valence-corrected chi connectivity index (χ3v) is 3.07. The van der Waals surface area contributed by atoms with Crippen molar-refractivity contribution in [1.82, 2.24) is 0 Å². The van der Waals surface area contributed by atoms with Gasteiger partial charge in [-0.2, -0.15) is 0 Å². The number of halogens is 2. The number of benzene rings is 1. The lowest BCUT2D eigenvalue weighted by Gasteiger charge is -2.08. The van der Waals surface area contributed by atoms with E-state index in [2.05, 4.69) is 21.2 Å². The molecule has 80 valence electrons. The molecular weight excluding hydrogens is 377 g/mol. The molecule has 1 aromatic rings. The van der Waals surface area contributed by atoms with Gasteiger partial charge in [-0.25, -0.2) is 4.79 Å². The van der Waals surface area contributed by atoms with Crippen molar-refractivity contribution in [3.8, 4) is 0 Å². The SMILES string of the molecule is CC(=O)Nc1c(Br)cc(C(=O)O)cc1I. The molecule has 2 N–H and O–H groups in total. The summed E-state index contributed by atoms with van der Waals surface area (Å²) in [6, 6.07) is 2.95. The number of rotatable bonds is 2. The maximum atomic E-state index is 10.9. The number of nitrogens with one attached hydrogen (secondary N) is 1. The number of carbonyl (C=O) groups is 2. The lowest BCUT2D eigenvalue weighted by atomic mass is 10.2. The Labute approximate surface area is 108 Å². The van der Waals surface area contributed by atoms with Crippen LogP contribution in [0.5, 0.6) is 0 Å². The molecule has 15 heavy (non-hydrogen) atoms. The van der Waals surface area contributed by atoms with E-state index in [0.717, 1.165) is 0 Å². The van der Waals surface area contributed by atoms with Crippen LogP contribution in [0, 0.1) is 3.57 Å². The maximum Gasteiger partial charge on any atom is 0.335 e. The van der Waals surface area contributed by atoms with Crippen molar-refractivity contribution in [2.24, 2.45) is 0 Å². The summed E-state index contributed by atoms with van der Waals surface area (Å²) in [5.74, 6) is -1.19. The van der Waals surface area contributed by atoms with Gasteiger partial charge in [-0.15, -0.1) is 0 Å². The first-order chi connectivity index (χ1) is 6.91. The van der Waals surface area contributed by atoms with Crippen molar-refractivity contribution < 1.29 is 14.7 Å². The van der Waals surface area contributed by atoms with Crippen LogP contribution in [-0.2, 0) is 4.79 Å². The van der Waals surface area contributed by atoms with Crippen molar-refractivity contribution >= 4 is 56.1 Å². The summed E-state index contributed by atoms with van der Waals surface area (Å²) in [4.78, 5) is 21.6. The van der Waals surface area contributed by atoms with Crippen molar-refractivity contribution in [2.75, 3.05) is 5.32 Å². The van der Waals surface area contributed by atoms with Crippen LogP contribution < -0.4 is 5.32 Å². The highest BCUT2D eigenvalue weighted by Gasteiger charge is 2.12. The summed E-state index contributed by atoms with van der Waals surface area (Å²) in [6.45, 7) is 1.40. The number of carboxylic acids is 1. The van der Waals surface area contributed by atoms with Crippen LogP contribution in [0.2, 0.25) is 0 Å². The summed E-state index contributed by atoms with van der Waals surface area (Å²) < 4.78 is 1.23. The Hall–Kier alpha value is -0.630. The molecule has 0 aliphatic rings. The molecule has 0 aliphatic carbocycles. The second-order valence-corrected chi connectivity index (χ2v) is 4.82. The first kappa shape index (κ1) is 12.4. The van der Waals surface area contributed by atoms with Crippen LogP contribution in [0.4, 0.5) is 5.69 Å². The van der Waals surface area contributed by atoms with E-state index in [0.29, 0.717) is 13.7 Å². The van der Waals surface area contributed by atoms with Crippen LogP contribution in [0.15, 0.2) is 16.6 Å². The van der Waals surface area contributed by atoms with Crippen LogP contribution in [-0.4, -0.2) is 17.0 Å². The van der Waals surface area contributed by atoms with Crippen LogP contribution in [0.25, 0.3) is 0 Å². The van der Waals surface area contributed by atoms with E-state index in [1.807, 2.05) is 22.6 Å². The van der Waals surface area contributed by atoms with Crippen LogP contribution in [0.3, 0.4) is 0 Å². The van der Waals surface area contributed by atoms with Crippen molar-refractivity contribution in [3.05, 3.63) is 25.7 Å². The van der Waals surface area contributed by atoms with Gasteiger partial charge >= 0.3 is 5.97 Å². The molecule has 0 fully saturated rings. The number of carboxylic acid groups (broad SMARTS) is 1. The Bertz CT molecular complexity index is 410. The summed E-state index contributed by atoms with van der Waals surface area (Å²) in [5.41, 5.74) is 0.772. The second kappa shape index (κ2) is 4.93. The Kier molecular flexibility index (Phi) is 4.09. The quantitative estimate of drug-likeness (QED) is 0.771. The number of hydrogen-bond acceptors (Lipinski definition) is 2. The van der Waals surface area contributed by atoms with E-state index in [1.165, 1.54) is 19.1 Å². The Morgan fingerprint density at radius 3 is 2.47 bits per heavy atom. The molecule has 0 heterocycles. The third kappa shape index (κ3) is 3.16. The third-order valence-electron chi connectivity index (χ3n) is 1.59. The van der Waals surface area contributed by atoms with Crippen molar-refractivity contribution in [3.63, 3.8) is 0 Å². The van der Waals surface area contributed by atoms with Gasteiger partial charge in [0.2, 0.25) is 5.91 Å². The Morgan fingerprint density at radius 1 is 1.47 bits per heavy atom. The molecule has 0 unspecified atom stereocenters. The summed E-state index contributed by atoms with van der Waals surface area (Å²) >= 11 is 5.18. The maximum absolute atomic E-state index is 10.9. The molecule has 1 rings (SSSR count). The second-order valence-electron chi connectivity index (χ2n) is 2.80. The predicted octanol–water partition coefficient (Wildman–Crippen LogP) is 2.71. The normalized spacial score (nSPS) is 9.80. The number of hydrogen-bond donors (Lipinski definition) is 2. The molecule has 1 amide bonds. The fraction of sp³-hybridized carbons (Fsp3) is 0.111. The number of amides is 1. The molecule has 6 heteroatoms. The summed E-state index contributed by atoms with van der Waals surface area (Å²) in [5, 5.41) is 11.4. The van der Waals surface area contributed by atoms with Gasteiger partial charge in [-0.05, 0) is 50.7 Å². The molecule has 1 aromatic carbocycles. The van der Waals surface area contributed by atoms with Crippen LogP contribution >= 0.6 is 38.5 Å². The van der Waals surface area contributed by atoms with Gasteiger partial charge in [-0.3, -0.25) is 4.79 Å². The average Bonchev–Trinajstić information content (AvgIpc) is 2.10. The molecule has 0 saturated heterocycles. The van der Waals surface area contributed by atoms with Crippen molar-refractivity contribution in [1.29, 1.82) is 0 Å². The van der Waals surface area contributed by atoms with Crippen LogP contribution in [0.1, 0.15) is 17.3 Å². The average molecular weight is 384 g/mol. The summed E-state index contributed by atoms with van der Waals surface area (Å²) in [7, 11) is 0. The highest BCUT2D eigenvalue weighted by Crippen LogP contribution is 2.29. The Morgan fingerprint density at radius 2 is 2.07 bits per heavy atom. The first-order valence-electron chi connectivity index (χ1n) is 3.91. The van der Waals surface area contributed by atoms with E-state index in [-0.39, 0.29) is 11.5 Å². The monoisotopic (exact) mass is 383 g/mol. The number of aromatic carboxylic acids is 1. The van der Waals surface area contributed by atoms with E-state index in [4.69, 9.17) is 5.11 Å². The minimum Gasteiger partial charge on any atom is -0.478 e. The van der Waals surface area contributed by atoms with Gasteiger partial charge in [0.15, 0.2) is 0 Å². The molecule has 4 nitrogen and oxygen atoms in total. The van der Waals surface area contributed by atoms with E-state index in [1.54, 1.807) is 0 Å². The summed E-state index contributed by atoms with van der Waals surface area (Å²) in [6.07, 6.45) is 0. The largest absolute Gasteiger partial charge is 0.478 e. The molecule has 0 spiro atoms. The van der Waals surface area contributed by atoms with Gasteiger partial charge in [0.05, 0.1) is 11.3 Å². The fourth-order valence-electron chi connectivity index (χ4n) is 0.992. The fourth-order valence-corrected chi connectivity index (χ4v) is 2.68. The van der Waals surface area contributed by atoms with Gasteiger partial charge in [0, 0.05) is 15.0 Å². The van der Waals surface area contributed by atoms with Gasteiger partial charge in [0.1, 0.15) is 0 Å². The molecule has 0 radical (unpaired) electrons. The number of carbonyl (C=O) groups excluding carboxylic acids is 1. The van der Waals surface area contributed by atoms with E-state index < -0.39 is 5.97 Å². The molecule has 0 saturated carbocycles. The molecular formula is C9H7BrINO3. The first-order valence-corrected chi connectivity index (χ1v) is 5.79. The highest BCUT2D eigenvalue weighted by atomic mass is 127. The lowest BCUT2D eigenvalue weighted by Crippen LogP contribution is -2.09. The van der Waals surface area contributed by atoms with Gasteiger partial charge < -0.3 is 10.4 Å². The lowest BCUT2D eigenvalue weighted by molar-refractivity contribution is -0.114.